The first-order valence-corrected chi connectivity index (χ1v) is 27.1. The Morgan fingerprint density at radius 2 is 0.615 bits per heavy atom. The molecule has 0 radical (unpaired) electrons. The third-order valence-corrected chi connectivity index (χ3v) is 11.4. The summed E-state index contributed by atoms with van der Waals surface area (Å²) in [4.78, 5) is 38.0. The highest BCUT2D eigenvalue weighted by molar-refractivity contribution is 5.71. The summed E-state index contributed by atoms with van der Waals surface area (Å²) in [7, 11) is 0. The number of esters is 3. The first-order chi connectivity index (χ1) is 32.0. The maximum atomic E-state index is 12.8. The summed E-state index contributed by atoms with van der Waals surface area (Å²) in [5.41, 5.74) is 0. The average molecular weight is 905 g/mol. The first-order valence-electron chi connectivity index (χ1n) is 27.1. The molecule has 0 N–H and O–H groups in total. The molecule has 0 aromatic carbocycles. The van der Waals surface area contributed by atoms with E-state index in [-0.39, 0.29) is 31.1 Å². The molecule has 0 spiro atoms. The molecule has 1 atom stereocenters. The molecule has 6 nitrogen and oxygen atoms in total. The highest BCUT2D eigenvalue weighted by Gasteiger charge is 2.19. The summed E-state index contributed by atoms with van der Waals surface area (Å²) in [5, 5.41) is 0. The van der Waals surface area contributed by atoms with Gasteiger partial charge in [0.15, 0.2) is 6.10 Å². The lowest BCUT2D eigenvalue weighted by Crippen LogP contribution is -2.30. The third-order valence-electron chi connectivity index (χ3n) is 11.4. The minimum absolute atomic E-state index is 0.0930. The van der Waals surface area contributed by atoms with E-state index in [1.807, 2.05) is 0 Å². The SMILES string of the molecule is CC/C=C\C/C=C\C/C=C\C/C=C\C/C=C\CCCCCC(=O)OC[C@H](COC(=O)CCCCCCCCC/C=C\CCCCCCCC)OC(=O)CCCCCCC/C=C\CCCC. The molecule has 65 heavy (non-hydrogen) atoms. The molecule has 0 bridgehead atoms. The topological polar surface area (TPSA) is 78.9 Å². The molecule has 0 unspecified atom stereocenters. The summed E-state index contributed by atoms with van der Waals surface area (Å²) < 4.78 is 16.8. The van der Waals surface area contributed by atoms with Crippen LogP contribution in [0.15, 0.2) is 85.1 Å². The van der Waals surface area contributed by atoms with Crippen molar-refractivity contribution in [2.75, 3.05) is 13.2 Å². The number of unbranched alkanes of at least 4 members (excludes halogenated alkanes) is 23. The zero-order valence-corrected chi connectivity index (χ0v) is 42.5. The van der Waals surface area contributed by atoms with Gasteiger partial charge in [0, 0.05) is 19.3 Å². The highest BCUT2D eigenvalue weighted by Crippen LogP contribution is 2.14. The van der Waals surface area contributed by atoms with E-state index in [1.165, 1.54) is 103 Å². The van der Waals surface area contributed by atoms with Crippen molar-refractivity contribution in [3.8, 4) is 0 Å². The Bertz CT molecular complexity index is 1270. The molecule has 6 heteroatoms. The summed E-state index contributed by atoms with van der Waals surface area (Å²) in [6, 6.07) is 0. The van der Waals surface area contributed by atoms with Gasteiger partial charge in [0.2, 0.25) is 0 Å². The van der Waals surface area contributed by atoms with Gasteiger partial charge in [0.05, 0.1) is 0 Å². The molecular weight excluding hydrogens is 805 g/mol. The fourth-order valence-electron chi connectivity index (χ4n) is 7.27. The van der Waals surface area contributed by atoms with Crippen LogP contribution >= 0.6 is 0 Å². The Morgan fingerprint density at radius 1 is 0.323 bits per heavy atom. The van der Waals surface area contributed by atoms with E-state index in [1.54, 1.807) is 0 Å². The van der Waals surface area contributed by atoms with Crippen LogP contribution in [0, 0.1) is 0 Å². The van der Waals surface area contributed by atoms with Crippen LogP contribution in [0.4, 0.5) is 0 Å². The van der Waals surface area contributed by atoms with Crippen LogP contribution in [0.2, 0.25) is 0 Å². The van der Waals surface area contributed by atoms with E-state index >= 15 is 0 Å². The molecule has 0 saturated carbocycles. The molecule has 0 rings (SSSR count). The number of carbonyl (C=O) groups excluding carboxylic acids is 3. The Balaban J connectivity index is 4.41. The van der Waals surface area contributed by atoms with Gasteiger partial charge in [-0.15, -0.1) is 0 Å². The van der Waals surface area contributed by atoms with E-state index in [2.05, 4.69) is 106 Å². The van der Waals surface area contributed by atoms with Crippen molar-refractivity contribution >= 4 is 17.9 Å². The van der Waals surface area contributed by atoms with Crippen molar-refractivity contribution in [1.29, 1.82) is 0 Å². The summed E-state index contributed by atoms with van der Waals surface area (Å²) >= 11 is 0. The van der Waals surface area contributed by atoms with Crippen molar-refractivity contribution < 1.29 is 28.6 Å². The zero-order valence-electron chi connectivity index (χ0n) is 42.5. The van der Waals surface area contributed by atoms with Gasteiger partial charge >= 0.3 is 17.9 Å². The van der Waals surface area contributed by atoms with Gasteiger partial charge in [-0.25, -0.2) is 0 Å². The number of hydrogen-bond acceptors (Lipinski definition) is 6. The van der Waals surface area contributed by atoms with Crippen LogP contribution in [-0.2, 0) is 28.6 Å². The molecular formula is C59H100O6. The summed E-state index contributed by atoms with van der Waals surface area (Å²) in [6.45, 7) is 6.44. The molecule has 0 fully saturated rings. The molecule has 0 aromatic rings. The molecule has 0 saturated heterocycles. The van der Waals surface area contributed by atoms with Gasteiger partial charge in [-0.3, -0.25) is 14.4 Å². The number of hydrogen-bond donors (Lipinski definition) is 0. The van der Waals surface area contributed by atoms with Crippen LogP contribution in [-0.4, -0.2) is 37.2 Å². The van der Waals surface area contributed by atoms with Gasteiger partial charge in [0.25, 0.3) is 0 Å². The molecule has 0 aliphatic rings. The minimum Gasteiger partial charge on any atom is -0.462 e. The second-order valence-corrected chi connectivity index (χ2v) is 17.7. The number of rotatable bonds is 48. The number of allylic oxidation sites excluding steroid dienone is 14. The molecule has 0 aliphatic carbocycles. The van der Waals surface area contributed by atoms with E-state index in [9.17, 15) is 14.4 Å². The van der Waals surface area contributed by atoms with E-state index < -0.39 is 6.10 Å². The predicted molar refractivity (Wildman–Crippen MR) is 279 cm³/mol. The smallest absolute Gasteiger partial charge is 0.306 e. The van der Waals surface area contributed by atoms with Crippen molar-refractivity contribution in [1.82, 2.24) is 0 Å². The van der Waals surface area contributed by atoms with Gasteiger partial charge in [-0.05, 0) is 109 Å². The predicted octanol–water partition coefficient (Wildman–Crippen LogP) is 18.0. The maximum absolute atomic E-state index is 12.8. The van der Waals surface area contributed by atoms with Crippen molar-refractivity contribution in [3.05, 3.63) is 85.1 Å². The molecule has 0 amide bonds. The fraction of sp³-hybridized carbons (Fsp3) is 0.712. The van der Waals surface area contributed by atoms with Gasteiger partial charge in [-0.1, -0.05) is 209 Å². The van der Waals surface area contributed by atoms with Crippen molar-refractivity contribution in [2.45, 2.75) is 258 Å². The average Bonchev–Trinajstić information content (AvgIpc) is 3.30. The van der Waals surface area contributed by atoms with Crippen LogP contribution in [0.3, 0.4) is 0 Å². The van der Waals surface area contributed by atoms with Crippen LogP contribution in [0.1, 0.15) is 252 Å². The van der Waals surface area contributed by atoms with E-state index in [0.29, 0.717) is 19.3 Å². The van der Waals surface area contributed by atoms with Crippen molar-refractivity contribution in [2.24, 2.45) is 0 Å². The Hall–Kier alpha value is -3.41. The number of ether oxygens (including phenoxy) is 3. The van der Waals surface area contributed by atoms with Gasteiger partial charge in [0.1, 0.15) is 13.2 Å². The lowest BCUT2D eigenvalue weighted by atomic mass is 10.1. The van der Waals surface area contributed by atoms with Crippen LogP contribution in [0.25, 0.3) is 0 Å². The molecule has 0 aliphatic heterocycles. The monoisotopic (exact) mass is 905 g/mol. The summed E-state index contributed by atoms with van der Waals surface area (Å²) in [5.74, 6) is -0.939. The largest absolute Gasteiger partial charge is 0.462 e. The lowest BCUT2D eigenvalue weighted by molar-refractivity contribution is -0.167. The van der Waals surface area contributed by atoms with E-state index in [0.717, 1.165) is 109 Å². The minimum atomic E-state index is -0.796. The van der Waals surface area contributed by atoms with Crippen LogP contribution < -0.4 is 0 Å². The maximum Gasteiger partial charge on any atom is 0.306 e. The quantitative estimate of drug-likeness (QED) is 0.0262. The lowest BCUT2D eigenvalue weighted by Gasteiger charge is -2.18. The summed E-state index contributed by atoms with van der Waals surface area (Å²) in [6.07, 6.45) is 68.5. The Morgan fingerprint density at radius 3 is 1.02 bits per heavy atom. The Kier molecular flexibility index (Phi) is 50.4. The fourth-order valence-corrected chi connectivity index (χ4v) is 7.27. The first kappa shape index (κ1) is 61.6. The molecule has 372 valence electrons. The van der Waals surface area contributed by atoms with Crippen molar-refractivity contribution in [3.63, 3.8) is 0 Å². The second-order valence-electron chi connectivity index (χ2n) is 17.7. The standard InChI is InChI=1S/C59H100O6/c1-4-7-10-13-16-19-22-24-26-28-29-31-33-35-38-40-43-46-49-52-58(61)64-55-56(65-59(62)53-50-47-44-41-36-21-18-15-12-9-6-3)54-63-57(60)51-48-45-42-39-37-34-32-30-27-25-23-20-17-14-11-8-5-2/h7,10,15-16,18-19,24-27,29,31,35,38,56H,4-6,8-9,11-14,17,20-23,28,30,32-34,36-37,39-55H2,1-3H3/b10-7-,18-15-,19-16-,26-24-,27-25-,31-29-,38-35-/t56-/m0/s1. The van der Waals surface area contributed by atoms with Gasteiger partial charge < -0.3 is 14.2 Å². The molecule has 0 aromatic heterocycles. The highest BCUT2D eigenvalue weighted by atomic mass is 16.6. The second kappa shape index (κ2) is 53.2. The zero-order chi connectivity index (χ0) is 47.2. The van der Waals surface area contributed by atoms with Crippen LogP contribution in [0.5, 0.6) is 0 Å². The normalized spacial score (nSPS) is 12.7. The molecule has 0 heterocycles. The third kappa shape index (κ3) is 51.4. The number of carbonyl (C=O) groups is 3. The Labute approximate surface area is 401 Å². The van der Waals surface area contributed by atoms with E-state index in [4.69, 9.17) is 14.2 Å². The van der Waals surface area contributed by atoms with Gasteiger partial charge in [-0.2, -0.15) is 0 Å².